The first-order chi connectivity index (χ1) is 9.64. The van der Waals surface area contributed by atoms with Crippen LogP contribution in [0.1, 0.15) is 44.2 Å². The standard InChI is InChI=1S/C16H16ClF3O/c1-15(2)6-5-11(9-21)12(8-15)10-3-4-13(14(17)7-10)16(18,19)20/h3-4,7,9H,5-6,8H2,1-2H3. The Bertz CT molecular complexity index is 600. The van der Waals surface area contributed by atoms with Gasteiger partial charge in [-0.1, -0.05) is 31.5 Å². The molecule has 0 heterocycles. The monoisotopic (exact) mass is 316 g/mol. The molecule has 1 nitrogen and oxygen atoms in total. The fourth-order valence-electron chi connectivity index (χ4n) is 2.65. The topological polar surface area (TPSA) is 17.1 Å². The largest absolute Gasteiger partial charge is 0.417 e. The van der Waals surface area contributed by atoms with Crippen LogP contribution in [0.25, 0.3) is 5.57 Å². The van der Waals surface area contributed by atoms with Gasteiger partial charge in [0.1, 0.15) is 6.29 Å². The van der Waals surface area contributed by atoms with Gasteiger partial charge in [0.15, 0.2) is 0 Å². The molecule has 1 aliphatic carbocycles. The second kappa shape index (κ2) is 5.48. The van der Waals surface area contributed by atoms with Gasteiger partial charge in [-0.2, -0.15) is 13.2 Å². The molecule has 0 atom stereocenters. The van der Waals surface area contributed by atoms with Crippen molar-refractivity contribution in [2.45, 2.75) is 39.3 Å². The van der Waals surface area contributed by atoms with E-state index in [0.29, 0.717) is 24.0 Å². The summed E-state index contributed by atoms with van der Waals surface area (Å²) in [7, 11) is 0. The molecule has 0 radical (unpaired) electrons. The van der Waals surface area contributed by atoms with Crippen LogP contribution < -0.4 is 0 Å². The third kappa shape index (κ3) is 3.49. The maximum atomic E-state index is 12.7. The molecule has 0 fully saturated rings. The van der Waals surface area contributed by atoms with Crippen molar-refractivity contribution in [2.75, 3.05) is 0 Å². The highest BCUT2D eigenvalue weighted by Crippen LogP contribution is 2.44. The number of benzene rings is 1. The number of halogens is 4. The highest BCUT2D eigenvalue weighted by atomic mass is 35.5. The van der Waals surface area contributed by atoms with Crippen LogP contribution in [0, 0.1) is 5.41 Å². The van der Waals surface area contributed by atoms with Crippen LogP contribution in [0.4, 0.5) is 13.2 Å². The number of allylic oxidation sites excluding steroid dienone is 2. The molecule has 5 heteroatoms. The quantitative estimate of drug-likeness (QED) is 0.656. The van der Waals surface area contributed by atoms with E-state index < -0.39 is 11.7 Å². The lowest BCUT2D eigenvalue weighted by Crippen LogP contribution is -2.18. The van der Waals surface area contributed by atoms with E-state index in [0.717, 1.165) is 24.3 Å². The maximum Gasteiger partial charge on any atom is 0.417 e. The van der Waals surface area contributed by atoms with Gasteiger partial charge in [0.25, 0.3) is 0 Å². The molecule has 0 amide bonds. The SMILES string of the molecule is CC1(C)CCC(C=O)=C(c2ccc(C(F)(F)F)c(Cl)c2)C1. The lowest BCUT2D eigenvalue weighted by Gasteiger charge is -2.32. The molecular formula is C16H16ClF3O. The number of aldehydes is 1. The van der Waals surface area contributed by atoms with Crippen molar-refractivity contribution in [3.05, 3.63) is 39.9 Å². The third-order valence-corrected chi connectivity index (χ3v) is 4.19. The first-order valence-electron chi connectivity index (χ1n) is 6.68. The second-order valence-corrected chi connectivity index (χ2v) is 6.56. The van der Waals surface area contributed by atoms with E-state index in [1.807, 2.05) is 0 Å². The zero-order valence-corrected chi connectivity index (χ0v) is 12.6. The van der Waals surface area contributed by atoms with E-state index in [2.05, 4.69) is 13.8 Å². The molecule has 0 unspecified atom stereocenters. The summed E-state index contributed by atoms with van der Waals surface area (Å²) < 4.78 is 38.2. The first kappa shape index (κ1) is 16.1. The van der Waals surface area contributed by atoms with Crippen LogP contribution in [0.5, 0.6) is 0 Å². The van der Waals surface area contributed by atoms with E-state index >= 15 is 0 Å². The summed E-state index contributed by atoms with van der Waals surface area (Å²) in [5.74, 6) is 0. The number of alkyl halides is 3. The average Bonchev–Trinajstić information content (AvgIpc) is 2.36. The molecule has 0 bridgehead atoms. The van der Waals surface area contributed by atoms with Gasteiger partial charge in [-0.05, 0) is 53.5 Å². The fourth-order valence-corrected chi connectivity index (χ4v) is 2.94. The van der Waals surface area contributed by atoms with Gasteiger partial charge < -0.3 is 0 Å². The minimum absolute atomic E-state index is 0.0248. The van der Waals surface area contributed by atoms with Crippen LogP contribution in [-0.2, 0) is 11.0 Å². The van der Waals surface area contributed by atoms with Gasteiger partial charge in [0.2, 0.25) is 0 Å². The zero-order valence-electron chi connectivity index (χ0n) is 11.9. The zero-order chi connectivity index (χ0) is 15.8. The van der Waals surface area contributed by atoms with Gasteiger partial charge in [-0.3, -0.25) is 4.79 Å². The van der Waals surface area contributed by atoms with Gasteiger partial charge in [0, 0.05) is 0 Å². The van der Waals surface area contributed by atoms with Gasteiger partial charge in [-0.15, -0.1) is 0 Å². The fraction of sp³-hybridized carbons (Fsp3) is 0.438. The van der Waals surface area contributed by atoms with Crippen LogP contribution >= 0.6 is 11.6 Å². The molecule has 1 aliphatic rings. The van der Waals surface area contributed by atoms with E-state index in [9.17, 15) is 18.0 Å². The first-order valence-corrected chi connectivity index (χ1v) is 7.06. The molecule has 0 saturated heterocycles. The van der Waals surface area contributed by atoms with Crippen molar-refractivity contribution >= 4 is 23.5 Å². The lowest BCUT2D eigenvalue weighted by molar-refractivity contribution is -0.137. The normalized spacial score (nSPS) is 18.8. The predicted molar refractivity (Wildman–Crippen MR) is 77.1 cm³/mol. The molecule has 2 rings (SSSR count). The highest BCUT2D eigenvalue weighted by Gasteiger charge is 2.34. The number of hydrogen-bond acceptors (Lipinski definition) is 1. The molecule has 0 spiro atoms. The molecule has 0 saturated carbocycles. The molecular weight excluding hydrogens is 301 g/mol. The van der Waals surface area contributed by atoms with Crippen molar-refractivity contribution < 1.29 is 18.0 Å². The van der Waals surface area contributed by atoms with Crippen molar-refractivity contribution in [2.24, 2.45) is 5.41 Å². The Morgan fingerprint density at radius 1 is 1.29 bits per heavy atom. The molecule has 114 valence electrons. The molecule has 0 N–H and O–H groups in total. The maximum absolute atomic E-state index is 12.7. The van der Waals surface area contributed by atoms with E-state index in [1.165, 1.54) is 12.1 Å². The minimum atomic E-state index is -4.47. The number of rotatable bonds is 2. The minimum Gasteiger partial charge on any atom is -0.298 e. The Kier molecular flexibility index (Phi) is 4.20. The summed E-state index contributed by atoms with van der Waals surface area (Å²) in [5.41, 5.74) is 1.23. The summed E-state index contributed by atoms with van der Waals surface area (Å²) >= 11 is 5.76. The number of carbonyl (C=O) groups excluding carboxylic acids is 1. The molecule has 0 aliphatic heterocycles. The van der Waals surface area contributed by atoms with Crippen molar-refractivity contribution in [1.29, 1.82) is 0 Å². The molecule has 1 aromatic rings. The Morgan fingerprint density at radius 3 is 2.48 bits per heavy atom. The summed E-state index contributed by atoms with van der Waals surface area (Å²) in [6, 6.07) is 3.69. The highest BCUT2D eigenvalue weighted by molar-refractivity contribution is 6.31. The Hall–Kier alpha value is -1.29. The average molecular weight is 317 g/mol. The predicted octanol–water partition coefficient (Wildman–Crippen LogP) is 5.52. The third-order valence-electron chi connectivity index (χ3n) is 3.88. The molecule has 21 heavy (non-hydrogen) atoms. The summed E-state index contributed by atoms with van der Waals surface area (Å²) in [5, 5.41) is -0.332. The number of hydrogen-bond donors (Lipinski definition) is 0. The van der Waals surface area contributed by atoms with Gasteiger partial charge >= 0.3 is 6.18 Å². The van der Waals surface area contributed by atoms with Gasteiger partial charge in [0.05, 0.1) is 10.6 Å². The van der Waals surface area contributed by atoms with Crippen molar-refractivity contribution in [3.63, 3.8) is 0 Å². The van der Waals surface area contributed by atoms with E-state index in [4.69, 9.17) is 11.6 Å². The Balaban J connectivity index is 2.48. The van der Waals surface area contributed by atoms with Crippen LogP contribution in [-0.4, -0.2) is 6.29 Å². The Labute approximate surface area is 126 Å². The molecule has 1 aromatic carbocycles. The Morgan fingerprint density at radius 2 is 1.95 bits per heavy atom. The van der Waals surface area contributed by atoms with Gasteiger partial charge in [-0.25, -0.2) is 0 Å². The number of carbonyl (C=O) groups is 1. The summed E-state index contributed by atoms with van der Waals surface area (Å²) in [6.07, 6.45) is -1.48. The van der Waals surface area contributed by atoms with Crippen LogP contribution in [0.15, 0.2) is 23.8 Å². The van der Waals surface area contributed by atoms with E-state index in [1.54, 1.807) is 0 Å². The van der Waals surface area contributed by atoms with Crippen LogP contribution in [0.2, 0.25) is 5.02 Å². The summed E-state index contributed by atoms with van der Waals surface area (Å²) in [4.78, 5) is 11.2. The van der Waals surface area contributed by atoms with Crippen molar-refractivity contribution in [1.82, 2.24) is 0 Å². The van der Waals surface area contributed by atoms with Crippen LogP contribution in [0.3, 0.4) is 0 Å². The van der Waals surface area contributed by atoms with E-state index in [-0.39, 0.29) is 10.4 Å². The van der Waals surface area contributed by atoms with Crippen molar-refractivity contribution in [3.8, 4) is 0 Å². The summed E-state index contributed by atoms with van der Waals surface area (Å²) in [6.45, 7) is 4.17. The molecule has 0 aromatic heterocycles. The smallest absolute Gasteiger partial charge is 0.298 e. The lowest BCUT2D eigenvalue weighted by atomic mass is 9.73. The second-order valence-electron chi connectivity index (χ2n) is 6.16.